The summed E-state index contributed by atoms with van der Waals surface area (Å²) in [7, 11) is -2.97. The third-order valence-electron chi connectivity index (χ3n) is 5.92. The quantitative estimate of drug-likeness (QED) is 0.302. The maximum Gasteiger partial charge on any atom is 0.354 e. The van der Waals surface area contributed by atoms with Gasteiger partial charge in [-0.3, -0.25) is 13.9 Å². The second kappa shape index (κ2) is 9.88. The number of hydrogen-bond donors (Lipinski definition) is 2. The molecule has 2 saturated heterocycles. The van der Waals surface area contributed by atoms with Crippen molar-refractivity contribution in [1.82, 2.24) is 4.90 Å². The van der Waals surface area contributed by atoms with Crippen LogP contribution in [0.3, 0.4) is 0 Å². The lowest BCUT2D eigenvalue weighted by atomic mass is 9.92. The van der Waals surface area contributed by atoms with Crippen LogP contribution in [0.1, 0.15) is 34.1 Å². The van der Waals surface area contributed by atoms with Crippen LogP contribution in [0.15, 0.2) is 0 Å². The highest BCUT2D eigenvalue weighted by Crippen LogP contribution is 2.45. The smallest absolute Gasteiger partial charge is 0.354 e. The van der Waals surface area contributed by atoms with E-state index in [1.807, 2.05) is 6.92 Å². The molecule has 7 nitrogen and oxygen atoms in total. The summed E-state index contributed by atoms with van der Waals surface area (Å²) in [5.74, 6) is -1.26. The van der Waals surface area contributed by atoms with E-state index in [0.717, 1.165) is 11.3 Å². The number of thioether (sulfide) groups is 2. The third-order valence-corrected chi connectivity index (χ3v) is 15.2. The highest BCUT2D eigenvalue weighted by atomic mass is 32.2. The van der Waals surface area contributed by atoms with E-state index in [9.17, 15) is 24.0 Å². The number of hydrogen-bond acceptors (Lipinski definition) is 8. The lowest BCUT2D eigenvalue weighted by Gasteiger charge is -2.51. The van der Waals surface area contributed by atoms with Crippen molar-refractivity contribution in [3.8, 4) is 0 Å². The molecule has 2 rings (SSSR count). The number of rotatable bonds is 7. The summed E-state index contributed by atoms with van der Waals surface area (Å²) < 4.78 is 18.6. The van der Waals surface area contributed by atoms with Crippen molar-refractivity contribution >= 4 is 70.3 Å². The third kappa shape index (κ3) is 5.87. The van der Waals surface area contributed by atoms with Gasteiger partial charge in [0.1, 0.15) is 8.90 Å². The number of aliphatic hydroxyl groups is 1. The van der Waals surface area contributed by atoms with Crippen LogP contribution >= 0.6 is 35.7 Å². The zero-order valence-electron chi connectivity index (χ0n) is 18.1. The summed E-state index contributed by atoms with van der Waals surface area (Å²) >= 11 is 8.15. The first-order valence-electron chi connectivity index (χ1n) is 9.79. The van der Waals surface area contributed by atoms with Crippen LogP contribution < -0.4 is 0 Å². The van der Waals surface area contributed by atoms with Crippen molar-refractivity contribution < 1.29 is 28.4 Å². The average Bonchev–Trinajstić information content (AvgIpc) is 2.97. The normalized spacial score (nSPS) is 29.4. The highest BCUT2D eigenvalue weighted by molar-refractivity contribution is 8.47. The second-order valence-electron chi connectivity index (χ2n) is 9.16. The predicted octanol–water partition coefficient (Wildman–Crippen LogP) is 2.86. The number of β-lactam (4-membered cyclic amide) rings is 1. The fourth-order valence-corrected chi connectivity index (χ4v) is 9.91. The molecule has 6 atom stereocenters. The Morgan fingerprint density at radius 2 is 1.97 bits per heavy atom. The van der Waals surface area contributed by atoms with Crippen molar-refractivity contribution in [2.75, 3.05) is 11.5 Å². The molecule has 2 fully saturated rings. The van der Waals surface area contributed by atoms with Crippen LogP contribution in [0.25, 0.3) is 0 Å². The summed E-state index contributed by atoms with van der Waals surface area (Å²) in [6.45, 7) is 12.4. The molecule has 30 heavy (non-hydrogen) atoms. The molecule has 12 heteroatoms. The van der Waals surface area contributed by atoms with Crippen LogP contribution in [-0.2, 0) is 24.8 Å². The van der Waals surface area contributed by atoms with Gasteiger partial charge in [-0.25, -0.2) is 4.79 Å². The molecule has 2 N–H and O–H groups in total. The molecule has 0 aromatic carbocycles. The molecule has 172 valence electrons. The molecule has 0 spiro atoms. The fourth-order valence-electron chi connectivity index (χ4n) is 3.16. The zero-order valence-corrected chi connectivity index (χ0v) is 22.4. The second-order valence-corrected chi connectivity index (χ2v) is 19.2. The number of aliphatic hydroxyl groups excluding tert-OH is 1. The predicted molar refractivity (Wildman–Crippen MR) is 130 cm³/mol. The van der Waals surface area contributed by atoms with Crippen LogP contribution in [-0.4, -0.2) is 77.5 Å². The minimum Gasteiger partial charge on any atom is -0.478 e. The fraction of sp³-hybridized carbons (Fsp3) is 0.833. The maximum absolute atomic E-state index is 12.8. The number of carbonyl (C=O) groups excluding carboxylic acids is 1. The molecule has 0 radical (unpaired) electrons. The van der Waals surface area contributed by atoms with Crippen molar-refractivity contribution in [1.29, 1.82) is 0 Å². The van der Waals surface area contributed by atoms with E-state index < -0.39 is 54.6 Å². The summed E-state index contributed by atoms with van der Waals surface area (Å²) in [6, 6.07) is 0. The molecule has 2 heterocycles. The van der Waals surface area contributed by atoms with Gasteiger partial charge in [-0.05, 0) is 31.5 Å². The zero-order chi connectivity index (χ0) is 23.0. The standard InChI is InChI=1S/C18H31NO6S4Si/c1-10(25-30(5,6)18(2,3)4)12-13(20)19(14(21)16(22)23)15(12)28-17(26)27-11-7-8-29(24)9-11/h10-12,14-15,21H,7-9H2,1-6H3,(H,22,23)/t10-,11?,12+,14+,15-,29?/m1/s1. The molecular formula is C18H31NO6S4Si. The number of aliphatic carboxylic acids is 1. The molecule has 2 aliphatic heterocycles. The molecule has 2 unspecified atom stereocenters. The molecule has 0 saturated carbocycles. The van der Waals surface area contributed by atoms with Gasteiger partial charge >= 0.3 is 5.97 Å². The number of likely N-dealkylation sites (tertiary alicyclic amines) is 1. The van der Waals surface area contributed by atoms with Crippen LogP contribution in [0, 0.1) is 5.92 Å². The van der Waals surface area contributed by atoms with Crippen molar-refractivity contribution in [2.45, 2.75) is 75.2 Å². The number of carbonyl (C=O) groups is 2. The van der Waals surface area contributed by atoms with Crippen LogP contribution in [0.2, 0.25) is 18.1 Å². The minimum absolute atomic E-state index is 0.0414. The summed E-state index contributed by atoms with van der Waals surface area (Å²) in [5, 5.41) is 18.8. The Bertz CT molecular complexity index is 728. The summed E-state index contributed by atoms with van der Waals surface area (Å²) in [4.78, 5) is 25.1. The van der Waals surface area contributed by atoms with Crippen LogP contribution in [0.5, 0.6) is 0 Å². The maximum atomic E-state index is 12.8. The van der Waals surface area contributed by atoms with Gasteiger partial charge < -0.3 is 14.6 Å². The van der Waals surface area contributed by atoms with E-state index in [2.05, 4.69) is 33.9 Å². The Labute approximate surface area is 195 Å². The van der Waals surface area contributed by atoms with Gasteiger partial charge in [0.2, 0.25) is 12.1 Å². The summed E-state index contributed by atoms with van der Waals surface area (Å²) in [6.07, 6.45) is -1.53. The number of carboxylic acids is 1. The Hall–Kier alpha value is 0.0169. The number of thiocarbonyl (C=S) groups is 1. The van der Waals surface area contributed by atoms with Gasteiger partial charge in [0, 0.05) is 27.6 Å². The first-order chi connectivity index (χ1) is 13.7. The van der Waals surface area contributed by atoms with Crippen LogP contribution in [0.4, 0.5) is 0 Å². The Kier molecular flexibility index (Phi) is 8.65. The first-order valence-corrected chi connectivity index (χ1v) is 16.3. The number of nitrogens with zero attached hydrogens (tertiary/aromatic N) is 1. The average molecular weight is 514 g/mol. The monoisotopic (exact) mass is 513 g/mol. The molecule has 0 aromatic rings. The minimum atomic E-state index is -2.15. The Morgan fingerprint density at radius 3 is 2.43 bits per heavy atom. The van der Waals surface area contributed by atoms with Gasteiger partial charge in [0.25, 0.3) is 0 Å². The number of carboxylic acid groups (broad SMARTS) is 1. The van der Waals surface area contributed by atoms with E-state index >= 15 is 0 Å². The van der Waals surface area contributed by atoms with Gasteiger partial charge in [0.05, 0.1) is 12.0 Å². The largest absolute Gasteiger partial charge is 0.478 e. The van der Waals surface area contributed by atoms with Crippen molar-refractivity contribution in [3.63, 3.8) is 0 Å². The van der Waals surface area contributed by atoms with E-state index in [1.165, 1.54) is 23.5 Å². The SMILES string of the molecule is C[C@@H](O[Si](C)(C)C(C)(C)C)[C@H]1C(=O)N([C@@H](O)C(=O)O)[C@@H]1SC(=S)SC1CCS(=O)C1. The van der Waals surface area contributed by atoms with Gasteiger partial charge in [-0.15, -0.1) is 11.8 Å². The lowest BCUT2D eigenvalue weighted by molar-refractivity contribution is -0.185. The highest BCUT2D eigenvalue weighted by Gasteiger charge is 2.56. The number of amides is 1. The van der Waals surface area contributed by atoms with Gasteiger partial charge in [0.15, 0.2) is 8.32 Å². The van der Waals surface area contributed by atoms with Crippen molar-refractivity contribution in [3.05, 3.63) is 0 Å². The first kappa shape index (κ1) is 26.3. The van der Waals surface area contributed by atoms with E-state index in [4.69, 9.17) is 16.6 Å². The Balaban J connectivity index is 2.14. The van der Waals surface area contributed by atoms with Gasteiger partial charge in [-0.2, -0.15) is 0 Å². The molecule has 0 bridgehead atoms. The van der Waals surface area contributed by atoms with Gasteiger partial charge in [-0.1, -0.05) is 44.8 Å². The lowest BCUT2D eigenvalue weighted by Crippen LogP contribution is -2.68. The topological polar surface area (TPSA) is 104 Å². The molecule has 2 aliphatic rings. The molecule has 0 aliphatic carbocycles. The Morgan fingerprint density at radius 1 is 1.37 bits per heavy atom. The summed E-state index contributed by atoms with van der Waals surface area (Å²) in [5.41, 5.74) is 0. The van der Waals surface area contributed by atoms with E-state index in [-0.39, 0.29) is 10.3 Å². The molecular weight excluding hydrogens is 483 g/mol. The van der Waals surface area contributed by atoms with E-state index in [1.54, 1.807) is 0 Å². The van der Waals surface area contributed by atoms with Crippen molar-refractivity contribution in [2.24, 2.45) is 5.92 Å². The molecule has 1 amide bonds. The van der Waals surface area contributed by atoms with E-state index in [0.29, 0.717) is 15.0 Å². The molecule has 0 aromatic heterocycles.